The summed E-state index contributed by atoms with van der Waals surface area (Å²) in [6.07, 6.45) is 4.45. The number of ether oxygens (including phenoxy) is 1. The lowest BCUT2D eigenvalue weighted by Gasteiger charge is -2.41. The molecule has 0 bridgehead atoms. The number of piperidine rings is 1. The quantitative estimate of drug-likeness (QED) is 0.804. The Morgan fingerprint density at radius 2 is 2.36 bits per heavy atom. The van der Waals surface area contributed by atoms with Crippen molar-refractivity contribution in [2.24, 2.45) is 0 Å². The Kier molecular flexibility index (Phi) is 4.46. The Balaban J connectivity index is 1.37. The van der Waals surface area contributed by atoms with Gasteiger partial charge in [0, 0.05) is 25.8 Å². The van der Waals surface area contributed by atoms with Crippen molar-refractivity contribution in [1.29, 1.82) is 0 Å². The zero-order valence-electron chi connectivity index (χ0n) is 14.3. The second kappa shape index (κ2) is 6.89. The third kappa shape index (κ3) is 3.40. The number of fused-ring (bicyclic) bond motifs is 3. The van der Waals surface area contributed by atoms with Gasteiger partial charge < -0.3 is 9.64 Å². The highest BCUT2D eigenvalue weighted by Gasteiger charge is 2.37. The zero-order valence-corrected chi connectivity index (χ0v) is 14.3. The van der Waals surface area contributed by atoms with Crippen LogP contribution >= 0.6 is 0 Å². The SMILES string of the molecule is CN(CC(=O)N1CC[C@@H]2OCc3cnnn3[C@H]2C1)Cc1ccccn1. The molecule has 0 saturated carbocycles. The van der Waals surface area contributed by atoms with E-state index in [2.05, 4.69) is 15.3 Å². The van der Waals surface area contributed by atoms with Crippen molar-refractivity contribution in [2.45, 2.75) is 31.7 Å². The average Bonchev–Trinajstić information content (AvgIpc) is 3.11. The van der Waals surface area contributed by atoms with Gasteiger partial charge in [-0.1, -0.05) is 11.3 Å². The van der Waals surface area contributed by atoms with Crippen LogP contribution in [0.4, 0.5) is 0 Å². The number of rotatable bonds is 4. The first-order valence-electron chi connectivity index (χ1n) is 8.57. The molecular weight excluding hydrogens is 320 g/mol. The number of nitrogens with zero attached hydrogens (tertiary/aromatic N) is 6. The first-order valence-corrected chi connectivity index (χ1v) is 8.57. The number of pyridine rings is 1. The Hall–Kier alpha value is -2.32. The Morgan fingerprint density at radius 1 is 1.44 bits per heavy atom. The molecule has 4 rings (SSSR count). The molecule has 2 aliphatic rings. The highest BCUT2D eigenvalue weighted by Crippen LogP contribution is 2.30. The minimum Gasteiger partial charge on any atom is -0.370 e. The molecule has 2 aromatic rings. The van der Waals surface area contributed by atoms with Crippen LogP contribution < -0.4 is 0 Å². The number of likely N-dealkylation sites (tertiary alicyclic amines) is 1. The number of likely N-dealkylation sites (N-methyl/N-ethyl adjacent to an activating group) is 1. The van der Waals surface area contributed by atoms with Crippen LogP contribution in [0.2, 0.25) is 0 Å². The number of amides is 1. The summed E-state index contributed by atoms with van der Waals surface area (Å²) in [5, 5.41) is 8.16. The summed E-state index contributed by atoms with van der Waals surface area (Å²) in [6, 6.07) is 5.88. The van der Waals surface area contributed by atoms with Gasteiger partial charge in [0.25, 0.3) is 0 Å². The maximum atomic E-state index is 12.7. The molecule has 4 heterocycles. The maximum absolute atomic E-state index is 12.7. The molecule has 0 spiro atoms. The summed E-state index contributed by atoms with van der Waals surface area (Å²) in [4.78, 5) is 20.9. The summed E-state index contributed by atoms with van der Waals surface area (Å²) < 4.78 is 7.82. The highest BCUT2D eigenvalue weighted by atomic mass is 16.5. The molecule has 0 unspecified atom stereocenters. The Bertz CT molecular complexity index is 734. The first-order chi connectivity index (χ1) is 12.2. The molecule has 1 saturated heterocycles. The molecule has 1 amide bonds. The standard InChI is InChI=1S/C17H22N6O2/c1-21(9-13-4-2-3-6-18-13)11-17(24)22-7-5-16-15(10-22)23-14(12-25-16)8-19-20-23/h2-4,6,8,15-16H,5,7,9-12H2,1H3/t15-,16-/m0/s1. The molecular formula is C17H22N6O2. The summed E-state index contributed by atoms with van der Waals surface area (Å²) in [5.41, 5.74) is 1.94. The molecule has 25 heavy (non-hydrogen) atoms. The normalized spacial score (nSPS) is 22.6. The molecule has 0 N–H and O–H groups in total. The van der Waals surface area contributed by atoms with Crippen LogP contribution in [0.25, 0.3) is 0 Å². The fourth-order valence-electron chi connectivity index (χ4n) is 3.56. The van der Waals surface area contributed by atoms with Gasteiger partial charge in [-0.3, -0.25) is 14.7 Å². The van der Waals surface area contributed by atoms with Crippen molar-refractivity contribution in [3.05, 3.63) is 42.0 Å². The summed E-state index contributed by atoms with van der Waals surface area (Å²) in [7, 11) is 1.94. The van der Waals surface area contributed by atoms with Gasteiger partial charge in [0.1, 0.15) is 0 Å². The van der Waals surface area contributed by atoms with E-state index in [1.54, 1.807) is 12.4 Å². The van der Waals surface area contributed by atoms with Gasteiger partial charge in [-0.2, -0.15) is 0 Å². The lowest BCUT2D eigenvalue weighted by molar-refractivity contribution is -0.139. The second-order valence-electron chi connectivity index (χ2n) is 6.71. The van der Waals surface area contributed by atoms with E-state index < -0.39 is 0 Å². The number of carbonyl (C=O) groups excluding carboxylic acids is 1. The molecule has 8 nitrogen and oxygen atoms in total. The summed E-state index contributed by atoms with van der Waals surface area (Å²) in [6.45, 7) is 2.93. The third-order valence-corrected chi connectivity index (χ3v) is 4.84. The van der Waals surface area contributed by atoms with E-state index in [1.807, 2.05) is 39.7 Å². The van der Waals surface area contributed by atoms with E-state index in [4.69, 9.17) is 4.74 Å². The van der Waals surface area contributed by atoms with E-state index in [0.29, 0.717) is 26.2 Å². The van der Waals surface area contributed by atoms with Crippen LogP contribution in [0.1, 0.15) is 23.9 Å². The molecule has 132 valence electrons. The smallest absolute Gasteiger partial charge is 0.236 e. The fourth-order valence-corrected chi connectivity index (χ4v) is 3.56. The van der Waals surface area contributed by atoms with E-state index in [-0.39, 0.29) is 18.1 Å². The molecule has 0 aromatic carbocycles. The zero-order chi connectivity index (χ0) is 17.2. The molecule has 1 fully saturated rings. The predicted molar refractivity (Wildman–Crippen MR) is 89.4 cm³/mol. The van der Waals surface area contributed by atoms with Crippen molar-refractivity contribution in [3.8, 4) is 0 Å². The van der Waals surface area contributed by atoms with E-state index in [9.17, 15) is 4.79 Å². The van der Waals surface area contributed by atoms with Gasteiger partial charge in [0.05, 0.1) is 42.9 Å². The molecule has 0 aliphatic carbocycles. The molecule has 2 atom stereocenters. The molecule has 8 heteroatoms. The number of hydrogen-bond donors (Lipinski definition) is 0. The molecule has 2 aliphatic heterocycles. The summed E-state index contributed by atoms with van der Waals surface area (Å²) in [5.74, 6) is 0.129. The van der Waals surface area contributed by atoms with Gasteiger partial charge in [-0.05, 0) is 25.6 Å². The van der Waals surface area contributed by atoms with Crippen LogP contribution in [0, 0.1) is 0 Å². The lowest BCUT2D eigenvalue weighted by Crippen LogP contribution is -2.51. The van der Waals surface area contributed by atoms with Gasteiger partial charge in [-0.25, -0.2) is 4.68 Å². The third-order valence-electron chi connectivity index (χ3n) is 4.84. The minimum absolute atomic E-state index is 0.0602. The van der Waals surface area contributed by atoms with Gasteiger partial charge in [0.15, 0.2) is 0 Å². The second-order valence-corrected chi connectivity index (χ2v) is 6.71. The summed E-state index contributed by atoms with van der Waals surface area (Å²) >= 11 is 0. The predicted octanol–water partition coefficient (Wildman–Crippen LogP) is 0.477. The van der Waals surface area contributed by atoms with Gasteiger partial charge in [-0.15, -0.1) is 5.10 Å². The van der Waals surface area contributed by atoms with Crippen molar-refractivity contribution in [3.63, 3.8) is 0 Å². The Morgan fingerprint density at radius 3 is 3.20 bits per heavy atom. The van der Waals surface area contributed by atoms with E-state index in [0.717, 1.165) is 24.4 Å². The minimum atomic E-state index is 0.0602. The largest absolute Gasteiger partial charge is 0.370 e. The van der Waals surface area contributed by atoms with Gasteiger partial charge in [0.2, 0.25) is 5.91 Å². The monoisotopic (exact) mass is 342 g/mol. The van der Waals surface area contributed by atoms with Crippen molar-refractivity contribution in [1.82, 2.24) is 29.8 Å². The van der Waals surface area contributed by atoms with Crippen LogP contribution in [-0.2, 0) is 22.7 Å². The number of aromatic nitrogens is 4. The van der Waals surface area contributed by atoms with Crippen LogP contribution in [-0.4, -0.2) is 68.5 Å². The lowest BCUT2D eigenvalue weighted by atomic mass is 10.0. The average molecular weight is 342 g/mol. The highest BCUT2D eigenvalue weighted by molar-refractivity contribution is 5.78. The number of carbonyl (C=O) groups is 1. The maximum Gasteiger partial charge on any atom is 0.236 e. The van der Waals surface area contributed by atoms with Crippen LogP contribution in [0.15, 0.2) is 30.6 Å². The number of hydrogen-bond acceptors (Lipinski definition) is 6. The van der Waals surface area contributed by atoms with Crippen molar-refractivity contribution < 1.29 is 9.53 Å². The Labute approximate surface area is 146 Å². The van der Waals surface area contributed by atoms with Crippen molar-refractivity contribution in [2.75, 3.05) is 26.7 Å². The molecule has 0 radical (unpaired) electrons. The van der Waals surface area contributed by atoms with E-state index >= 15 is 0 Å². The fraction of sp³-hybridized carbons (Fsp3) is 0.529. The topological polar surface area (TPSA) is 76.4 Å². The van der Waals surface area contributed by atoms with Gasteiger partial charge >= 0.3 is 0 Å². The van der Waals surface area contributed by atoms with E-state index in [1.165, 1.54) is 0 Å². The van der Waals surface area contributed by atoms with Crippen LogP contribution in [0.3, 0.4) is 0 Å². The van der Waals surface area contributed by atoms with Crippen LogP contribution in [0.5, 0.6) is 0 Å². The molecule has 2 aromatic heterocycles. The van der Waals surface area contributed by atoms with Crippen molar-refractivity contribution >= 4 is 5.91 Å². The first kappa shape index (κ1) is 16.2.